The average molecular weight is 662 g/mol. The molecule has 2 unspecified atom stereocenters. The molecular weight excluding hydrogens is 615 g/mol. The van der Waals surface area contributed by atoms with Crippen LogP contribution in [-0.2, 0) is 33.6 Å². The lowest BCUT2D eigenvalue weighted by molar-refractivity contribution is -0.140. The summed E-state index contributed by atoms with van der Waals surface area (Å²) >= 11 is 12.6. The first kappa shape index (κ1) is 37.6. The van der Waals surface area contributed by atoms with Crippen LogP contribution >= 0.6 is 23.2 Å². The van der Waals surface area contributed by atoms with Gasteiger partial charge in [0, 0.05) is 13.1 Å². The molecule has 0 saturated carbocycles. The van der Waals surface area contributed by atoms with E-state index in [0.717, 1.165) is 0 Å². The van der Waals surface area contributed by atoms with Crippen molar-refractivity contribution in [1.82, 2.24) is 20.4 Å². The van der Waals surface area contributed by atoms with Crippen LogP contribution in [0, 0.1) is 11.8 Å². The highest BCUT2D eigenvalue weighted by Crippen LogP contribution is 2.22. The van der Waals surface area contributed by atoms with E-state index >= 15 is 0 Å². The predicted molar refractivity (Wildman–Crippen MR) is 165 cm³/mol. The summed E-state index contributed by atoms with van der Waals surface area (Å²) in [5, 5.41) is 1.48. The number of rotatable bonds is 14. The molecule has 0 aromatic rings. The molecule has 2 aliphatic heterocycles. The number of carbonyl (C=O) groups excluding carboxylic acids is 7. The third-order valence-electron chi connectivity index (χ3n) is 8.00. The number of hydrogen-bond donors (Lipinski definition) is 4. The molecule has 2 saturated heterocycles. The Morgan fingerprint density at radius 3 is 1.20 bits per heavy atom. The Labute approximate surface area is 268 Å². The third kappa shape index (κ3) is 8.76. The van der Waals surface area contributed by atoms with E-state index < -0.39 is 99.8 Å². The molecule has 0 spiro atoms. The molecule has 0 aromatic heterocycles. The van der Waals surface area contributed by atoms with Gasteiger partial charge in [-0.15, -0.1) is 23.2 Å². The van der Waals surface area contributed by atoms with Gasteiger partial charge >= 0.3 is 0 Å². The molecule has 2 rings (SSSR count). The molecule has 15 heteroatoms. The molecule has 248 valence electrons. The van der Waals surface area contributed by atoms with Crippen LogP contribution in [0.1, 0.15) is 67.2 Å². The first-order chi connectivity index (χ1) is 20.4. The number of nitrogens with one attached hydrogen (secondary N) is 2. The molecular formula is C29H46Cl2N6O7. The van der Waals surface area contributed by atoms with E-state index in [4.69, 9.17) is 34.7 Å². The fourth-order valence-corrected chi connectivity index (χ4v) is 6.07. The van der Waals surface area contributed by atoms with Gasteiger partial charge in [0.25, 0.3) is 0 Å². The highest BCUT2D eigenvalue weighted by Gasteiger charge is 2.44. The zero-order valence-electron chi connectivity index (χ0n) is 26.2. The largest absolute Gasteiger partial charge is 0.344 e. The Kier molecular flexibility index (Phi) is 13.7. The summed E-state index contributed by atoms with van der Waals surface area (Å²) in [7, 11) is 0. The maximum atomic E-state index is 13.4. The summed E-state index contributed by atoms with van der Waals surface area (Å²) in [5.74, 6) is -5.75. The fraction of sp³-hybridized carbons (Fsp3) is 0.759. The number of Topliss-reactive ketones (excluding diaryl/α,β-unsaturated/α-hetero) is 3. The maximum absolute atomic E-state index is 13.4. The Hall–Kier alpha value is -2.61. The van der Waals surface area contributed by atoms with Gasteiger partial charge in [0.15, 0.2) is 28.1 Å². The third-order valence-corrected chi connectivity index (χ3v) is 8.86. The van der Waals surface area contributed by atoms with Gasteiger partial charge in [0.1, 0.15) is 12.1 Å². The van der Waals surface area contributed by atoms with Crippen LogP contribution < -0.4 is 22.1 Å². The topological polar surface area (TPSA) is 202 Å². The number of ketones is 3. The number of nitrogens with zero attached hydrogens (tertiary/aromatic N) is 2. The van der Waals surface area contributed by atoms with Crippen molar-refractivity contribution >= 4 is 64.2 Å². The van der Waals surface area contributed by atoms with Gasteiger partial charge in [-0.25, -0.2) is 0 Å². The van der Waals surface area contributed by atoms with Crippen molar-refractivity contribution in [2.45, 2.75) is 114 Å². The summed E-state index contributed by atoms with van der Waals surface area (Å²) in [6.07, 6.45) is 1.92. The lowest BCUT2D eigenvalue weighted by atomic mass is 9.91. The SMILES string of the molecule is CC(C)[C@H](NC(=O)[C@@H]1CCCN1C(=O)[C@H](C)N)C(=O)C(Cl)C(=O)C(Cl)C(=O)[C@@H](NC(=O)[C@@H]1CCCN1C(=O)[C@H](C)N)C(C)C. The van der Waals surface area contributed by atoms with Crippen molar-refractivity contribution in [2.24, 2.45) is 23.3 Å². The molecule has 4 amide bonds. The molecule has 2 aliphatic rings. The number of hydrogen-bond acceptors (Lipinski definition) is 9. The highest BCUT2D eigenvalue weighted by atomic mass is 35.5. The molecule has 6 N–H and O–H groups in total. The molecule has 2 fully saturated rings. The maximum Gasteiger partial charge on any atom is 0.243 e. The fourth-order valence-electron chi connectivity index (χ4n) is 5.49. The van der Waals surface area contributed by atoms with Crippen LogP contribution in [0.25, 0.3) is 0 Å². The van der Waals surface area contributed by atoms with Gasteiger partial charge in [0.05, 0.1) is 24.2 Å². The minimum Gasteiger partial charge on any atom is -0.344 e. The van der Waals surface area contributed by atoms with E-state index in [2.05, 4.69) is 10.6 Å². The van der Waals surface area contributed by atoms with Crippen molar-refractivity contribution < 1.29 is 33.6 Å². The first-order valence-corrected chi connectivity index (χ1v) is 15.9. The number of likely N-dealkylation sites (tertiary alicyclic amines) is 2. The number of nitrogens with two attached hydrogens (primary N) is 2. The van der Waals surface area contributed by atoms with Crippen molar-refractivity contribution in [3.63, 3.8) is 0 Å². The smallest absolute Gasteiger partial charge is 0.243 e. The van der Waals surface area contributed by atoms with Gasteiger partial charge in [-0.05, 0) is 51.4 Å². The molecule has 2 heterocycles. The van der Waals surface area contributed by atoms with Crippen molar-refractivity contribution in [1.29, 1.82) is 0 Å². The highest BCUT2D eigenvalue weighted by molar-refractivity contribution is 6.53. The van der Waals surface area contributed by atoms with Crippen LogP contribution in [-0.4, -0.2) is 111 Å². The molecule has 8 atom stereocenters. The van der Waals surface area contributed by atoms with Crippen LogP contribution in [0.2, 0.25) is 0 Å². The van der Waals surface area contributed by atoms with Crippen LogP contribution in [0.3, 0.4) is 0 Å². The summed E-state index contributed by atoms with van der Waals surface area (Å²) in [6, 6.07) is -5.69. The van der Waals surface area contributed by atoms with E-state index in [1.165, 1.54) is 23.6 Å². The Bertz CT molecular complexity index is 1050. The first-order valence-electron chi connectivity index (χ1n) is 15.0. The summed E-state index contributed by atoms with van der Waals surface area (Å²) in [4.78, 5) is 93.9. The molecule has 0 bridgehead atoms. The van der Waals surface area contributed by atoms with Gasteiger partial charge in [0.2, 0.25) is 23.6 Å². The average Bonchev–Trinajstić information content (AvgIpc) is 3.65. The Morgan fingerprint density at radius 2 is 0.932 bits per heavy atom. The van der Waals surface area contributed by atoms with Crippen LogP contribution in [0.4, 0.5) is 0 Å². The molecule has 0 aromatic carbocycles. The minimum atomic E-state index is -1.88. The van der Waals surface area contributed by atoms with Crippen LogP contribution in [0.5, 0.6) is 0 Å². The summed E-state index contributed by atoms with van der Waals surface area (Å²) in [6.45, 7) is 10.3. The van der Waals surface area contributed by atoms with Crippen molar-refractivity contribution in [3.05, 3.63) is 0 Å². The lowest BCUT2D eigenvalue weighted by Gasteiger charge is -2.30. The minimum absolute atomic E-state index is 0.347. The van der Waals surface area contributed by atoms with E-state index in [1.54, 1.807) is 27.7 Å². The second kappa shape index (κ2) is 16.1. The molecule has 13 nitrogen and oxygen atoms in total. The number of carbonyl (C=O) groups is 7. The van der Waals surface area contributed by atoms with E-state index in [-0.39, 0.29) is 0 Å². The van der Waals surface area contributed by atoms with Crippen molar-refractivity contribution in [3.8, 4) is 0 Å². The zero-order chi connectivity index (χ0) is 33.6. The lowest BCUT2D eigenvalue weighted by Crippen LogP contribution is -2.57. The normalized spacial score (nSPS) is 22.6. The van der Waals surface area contributed by atoms with Gasteiger partial charge in [-0.3, -0.25) is 33.6 Å². The Balaban J connectivity index is 2.14. The summed E-state index contributed by atoms with van der Waals surface area (Å²) in [5.41, 5.74) is 11.4. The number of halogens is 2. The molecule has 0 radical (unpaired) electrons. The van der Waals surface area contributed by atoms with Crippen molar-refractivity contribution in [2.75, 3.05) is 13.1 Å². The Morgan fingerprint density at radius 1 is 0.614 bits per heavy atom. The van der Waals surface area contributed by atoms with E-state index in [9.17, 15) is 33.6 Å². The molecule has 0 aliphatic carbocycles. The number of alkyl halides is 2. The monoisotopic (exact) mass is 660 g/mol. The van der Waals surface area contributed by atoms with Gasteiger partial charge in [-0.2, -0.15) is 0 Å². The quantitative estimate of drug-likeness (QED) is 0.144. The second-order valence-corrected chi connectivity index (χ2v) is 13.2. The second-order valence-electron chi connectivity index (χ2n) is 12.3. The van der Waals surface area contributed by atoms with E-state index in [1.807, 2.05) is 0 Å². The van der Waals surface area contributed by atoms with Gasteiger partial charge in [-0.1, -0.05) is 27.7 Å². The number of amides is 4. The molecule has 44 heavy (non-hydrogen) atoms. The van der Waals surface area contributed by atoms with Crippen LogP contribution in [0.15, 0.2) is 0 Å². The zero-order valence-corrected chi connectivity index (χ0v) is 27.7. The summed E-state index contributed by atoms with van der Waals surface area (Å²) < 4.78 is 0. The van der Waals surface area contributed by atoms with E-state index in [0.29, 0.717) is 38.8 Å². The standard InChI is InChI=1S/C29H46Cl2N6O7/c1-13(2)21(34-26(41)17-9-7-11-36(17)28(43)15(5)32)24(39)19(30)23(38)20(31)25(40)22(14(3)4)35-27(42)18-10-8-12-37(18)29(44)16(6)33/h13-22H,7-12,32-33H2,1-6H3,(H,34,41)(H,35,42)/t15-,16-,17-,18-,19?,20?,21-,22-/m0/s1. The predicted octanol–water partition coefficient (Wildman–Crippen LogP) is -0.133. The van der Waals surface area contributed by atoms with Gasteiger partial charge < -0.3 is 31.9 Å².